The molecule has 1 aromatic carbocycles. The molecule has 130 valence electrons. The Labute approximate surface area is 147 Å². The van der Waals surface area contributed by atoms with Crippen LogP contribution in [0.15, 0.2) is 30.3 Å². The molecule has 25 heavy (non-hydrogen) atoms. The second-order valence-corrected chi connectivity index (χ2v) is 5.89. The number of anilines is 1. The van der Waals surface area contributed by atoms with E-state index in [0.29, 0.717) is 32.0 Å². The maximum Gasteiger partial charge on any atom is 0.356 e. The number of rotatable bonds is 3. The lowest BCUT2D eigenvalue weighted by Gasteiger charge is -2.35. The quantitative estimate of drug-likeness (QED) is 0.895. The van der Waals surface area contributed by atoms with Gasteiger partial charge < -0.3 is 14.9 Å². The molecule has 0 atom stereocenters. The number of hydrogen-bond acceptors (Lipinski definition) is 5. The molecule has 3 rings (SSSR count). The molecule has 2 aromatic rings. The number of piperazine rings is 1. The number of amides is 1. The first kappa shape index (κ1) is 17.1. The van der Waals surface area contributed by atoms with E-state index in [0.717, 1.165) is 6.07 Å². The van der Waals surface area contributed by atoms with E-state index in [1.54, 1.807) is 11.0 Å². The summed E-state index contributed by atoms with van der Waals surface area (Å²) < 4.78 is 13.4. The first-order valence-electron chi connectivity index (χ1n) is 7.52. The Balaban J connectivity index is 1.66. The zero-order valence-electron chi connectivity index (χ0n) is 13.0. The minimum Gasteiger partial charge on any atom is -0.476 e. The maximum atomic E-state index is 13.4. The molecule has 2 heterocycles. The van der Waals surface area contributed by atoms with Crippen molar-refractivity contribution in [1.82, 2.24) is 15.1 Å². The fraction of sp³-hybridized carbons (Fsp3) is 0.250. The zero-order valence-corrected chi connectivity index (χ0v) is 13.8. The van der Waals surface area contributed by atoms with E-state index >= 15 is 0 Å². The van der Waals surface area contributed by atoms with E-state index in [1.807, 2.05) is 4.90 Å². The van der Waals surface area contributed by atoms with Gasteiger partial charge in [-0.3, -0.25) is 4.79 Å². The minimum atomic E-state index is -1.14. The van der Waals surface area contributed by atoms with Gasteiger partial charge in [0.25, 0.3) is 5.91 Å². The highest BCUT2D eigenvalue weighted by Crippen LogP contribution is 2.20. The van der Waals surface area contributed by atoms with Gasteiger partial charge in [0.15, 0.2) is 11.5 Å². The molecule has 1 aliphatic heterocycles. The highest BCUT2D eigenvalue weighted by atomic mass is 35.5. The van der Waals surface area contributed by atoms with Crippen molar-refractivity contribution >= 4 is 29.3 Å². The average molecular weight is 365 g/mol. The maximum absolute atomic E-state index is 13.4. The second-order valence-electron chi connectivity index (χ2n) is 5.49. The molecular weight excluding hydrogens is 351 g/mol. The van der Waals surface area contributed by atoms with Gasteiger partial charge in [0.05, 0.1) is 10.6 Å². The third-order valence-corrected chi connectivity index (χ3v) is 4.25. The summed E-state index contributed by atoms with van der Waals surface area (Å²) in [5.41, 5.74) is 0.0130. The van der Waals surface area contributed by atoms with Crippen LogP contribution in [0.25, 0.3) is 0 Å². The van der Waals surface area contributed by atoms with Gasteiger partial charge in [0.2, 0.25) is 0 Å². The topological polar surface area (TPSA) is 86.6 Å². The van der Waals surface area contributed by atoms with Crippen LogP contribution < -0.4 is 4.90 Å². The van der Waals surface area contributed by atoms with E-state index in [-0.39, 0.29) is 22.2 Å². The SMILES string of the molecule is O=C(O)c1ccc(N2CCN(C(=O)c3cc(F)ccc3Cl)CC2)nn1. The van der Waals surface area contributed by atoms with Crippen molar-refractivity contribution in [3.05, 3.63) is 52.4 Å². The smallest absolute Gasteiger partial charge is 0.356 e. The van der Waals surface area contributed by atoms with Crippen molar-refractivity contribution in [2.24, 2.45) is 0 Å². The predicted octanol–water partition coefficient (Wildman–Crippen LogP) is 1.93. The highest BCUT2D eigenvalue weighted by molar-refractivity contribution is 6.33. The summed E-state index contributed by atoms with van der Waals surface area (Å²) >= 11 is 5.98. The number of carbonyl (C=O) groups is 2. The van der Waals surface area contributed by atoms with E-state index in [2.05, 4.69) is 10.2 Å². The molecule has 1 amide bonds. The van der Waals surface area contributed by atoms with E-state index < -0.39 is 11.8 Å². The van der Waals surface area contributed by atoms with Crippen molar-refractivity contribution in [3.8, 4) is 0 Å². The van der Waals surface area contributed by atoms with Crippen molar-refractivity contribution in [2.45, 2.75) is 0 Å². The van der Waals surface area contributed by atoms with Crippen LogP contribution >= 0.6 is 11.6 Å². The van der Waals surface area contributed by atoms with Gasteiger partial charge in [0, 0.05) is 26.2 Å². The Morgan fingerprint density at radius 2 is 1.80 bits per heavy atom. The molecule has 1 fully saturated rings. The van der Waals surface area contributed by atoms with Gasteiger partial charge in [-0.05, 0) is 30.3 Å². The molecular formula is C16H14ClFN4O3. The number of carboxylic acid groups (broad SMARTS) is 1. The molecule has 0 unspecified atom stereocenters. The summed E-state index contributed by atoms with van der Waals surface area (Å²) in [5.74, 6) is -1.43. The first-order chi connectivity index (χ1) is 12.0. The van der Waals surface area contributed by atoms with Crippen molar-refractivity contribution in [1.29, 1.82) is 0 Å². The van der Waals surface area contributed by atoms with Crippen LogP contribution in [-0.2, 0) is 0 Å². The van der Waals surface area contributed by atoms with Gasteiger partial charge in [-0.15, -0.1) is 10.2 Å². The van der Waals surface area contributed by atoms with Gasteiger partial charge in [0.1, 0.15) is 5.82 Å². The highest BCUT2D eigenvalue weighted by Gasteiger charge is 2.25. The number of carbonyl (C=O) groups excluding carboxylic acids is 1. The van der Waals surface area contributed by atoms with E-state index in [1.165, 1.54) is 18.2 Å². The molecule has 0 aliphatic carbocycles. The molecule has 1 aromatic heterocycles. The molecule has 1 saturated heterocycles. The largest absolute Gasteiger partial charge is 0.476 e. The van der Waals surface area contributed by atoms with Crippen LogP contribution in [0, 0.1) is 5.82 Å². The molecule has 7 nitrogen and oxygen atoms in total. The molecule has 0 bridgehead atoms. The lowest BCUT2D eigenvalue weighted by molar-refractivity contribution is 0.0687. The molecule has 9 heteroatoms. The summed E-state index contributed by atoms with van der Waals surface area (Å²) in [6.45, 7) is 1.82. The molecule has 1 N–H and O–H groups in total. The number of nitrogens with zero attached hydrogens (tertiary/aromatic N) is 4. The third kappa shape index (κ3) is 3.69. The van der Waals surface area contributed by atoms with E-state index in [4.69, 9.17) is 16.7 Å². The number of aromatic nitrogens is 2. The van der Waals surface area contributed by atoms with Crippen LogP contribution in [0.3, 0.4) is 0 Å². The van der Waals surface area contributed by atoms with Gasteiger partial charge in [-0.1, -0.05) is 11.6 Å². The van der Waals surface area contributed by atoms with Crippen LogP contribution in [0.1, 0.15) is 20.8 Å². The fourth-order valence-electron chi connectivity index (χ4n) is 2.58. The lowest BCUT2D eigenvalue weighted by Crippen LogP contribution is -2.49. The van der Waals surface area contributed by atoms with Gasteiger partial charge >= 0.3 is 5.97 Å². The van der Waals surface area contributed by atoms with Crippen LogP contribution in [0.4, 0.5) is 10.2 Å². The third-order valence-electron chi connectivity index (χ3n) is 3.92. The predicted molar refractivity (Wildman–Crippen MR) is 88.5 cm³/mol. The monoisotopic (exact) mass is 364 g/mol. The molecule has 0 spiro atoms. The normalized spacial score (nSPS) is 14.5. The van der Waals surface area contributed by atoms with E-state index in [9.17, 15) is 14.0 Å². The van der Waals surface area contributed by atoms with Crippen molar-refractivity contribution < 1.29 is 19.1 Å². The standard InChI is InChI=1S/C16H14ClFN4O3/c17-12-2-1-10(18)9-11(12)15(23)22-7-5-21(6-8-22)14-4-3-13(16(24)25)19-20-14/h1-4,9H,5-8H2,(H,24,25). The first-order valence-corrected chi connectivity index (χ1v) is 7.90. The zero-order chi connectivity index (χ0) is 18.0. The number of halogens is 2. The number of carboxylic acids is 1. The molecule has 0 saturated carbocycles. The average Bonchev–Trinajstić information content (AvgIpc) is 2.63. The molecule has 1 aliphatic rings. The summed E-state index contributed by atoms with van der Waals surface area (Å²) in [6, 6.07) is 6.66. The van der Waals surface area contributed by atoms with Crippen molar-refractivity contribution in [2.75, 3.05) is 31.1 Å². The summed E-state index contributed by atoms with van der Waals surface area (Å²) in [7, 11) is 0. The van der Waals surface area contributed by atoms with Crippen molar-refractivity contribution in [3.63, 3.8) is 0 Å². The number of aromatic carboxylic acids is 1. The Hall–Kier alpha value is -2.74. The van der Waals surface area contributed by atoms with Crippen LogP contribution in [0.2, 0.25) is 5.02 Å². The lowest BCUT2D eigenvalue weighted by atomic mass is 10.1. The Bertz CT molecular complexity index is 808. The summed E-state index contributed by atoms with van der Waals surface area (Å²) in [4.78, 5) is 26.8. The van der Waals surface area contributed by atoms with Crippen LogP contribution in [-0.4, -0.2) is 58.3 Å². The fourth-order valence-corrected chi connectivity index (χ4v) is 2.78. The summed E-state index contributed by atoms with van der Waals surface area (Å²) in [5, 5.41) is 16.6. The molecule has 0 radical (unpaired) electrons. The van der Waals surface area contributed by atoms with Crippen LogP contribution in [0.5, 0.6) is 0 Å². The summed E-state index contributed by atoms with van der Waals surface area (Å²) in [6.07, 6.45) is 0. The number of hydrogen-bond donors (Lipinski definition) is 1. The minimum absolute atomic E-state index is 0.127. The Kier molecular flexibility index (Phi) is 4.80. The Morgan fingerprint density at radius 3 is 2.40 bits per heavy atom. The van der Waals surface area contributed by atoms with Gasteiger partial charge in [-0.2, -0.15) is 0 Å². The van der Waals surface area contributed by atoms with Gasteiger partial charge in [-0.25, -0.2) is 9.18 Å². The Morgan fingerprint density at radius 1 is 1.08 bits per heavy atom. The number of benzene rings is 1. The second kappa shape index (κ2) is 7.02.